The lowest BCUT2D eigenvalue weighted by Gasteiger charge is -2.16. The van der Waals surface area contributed by atoms with Crippen molar-refractivity contribution in [2.45, 2.75) is 26.4 Å². The summed E-state index contributed by atoms with van der Waals surface area (Å²) < 4.78 is 12.2. The summed E-state index contributed by atoms with van der Waals surface area (Å²) in [7, 11) is 0. The van der Waals surface area contributed by atoms with Crippen LogP contribution in [0.15, 0.2) is 116 Å². The molecule has 0 unspecified atom stereocenters. The minimum atomic E-state index is -0.276. The first-order chi connectivity index (χ1) is 21.5. The predicted octanol–water partition coefficient (Wildman–Crippen LogP) is 7.91. The van der Waals surface area contributed by atoms with Gasteiger partial charge in [-0.15, -0.1) is 0 Å². The van der Waals surface area contributed by atoms with E-state index < -0.39 is 0 Å². The largest absolute Gasteiger partial charge is 0.489 e. The number of hydrogen-bond acceptors (Lipinski definition) is 8. The Bertz CT molecular complexity index is 1880. The van der Waals surface area contributed by atoms with Crippen LogP contribution in [0.3, 0.4) is 0 Å². The summed E-state index contributed by atoms with van der Waals surface area (Å²) in [6.07, 6.45) is 4.71. The monoisotopic (exact) mass is 582 g/mol. The maximum atomic E-state index is 13.2. The van der Waals surface area contributed by atoms with E-state index >= 15 is 0 Å². The van der Waals surface area contributed by atoms with Gasteiger partial charge in [0.25, 0.3) is 5.91 Å². The summed E-state index contributed by atoms with van der Waals surface area (Å²) in [5.41, 5.74) is 4.23. The zero-order valence-electron chi connectivity index (χ0n) is 24.3. The quantitative estimate of drug-likeness (QED) is 0.168. The van der Waals surface area contributed by atoms with Gasteiger partial charge in [-0.05, 0) is 78.2 Å². The molecule has 6 aromatic rings. The maximum Gasteiger partial charge on any atom is 0.255 e. The number of nitrogens with one attached hydrogen (secondary N) is 2. The fourth-order valence-electron chi connectivity index (χ4n) is 4.47. The Morgan fingerprint density at radius 2 is 1.61 bits per heavy atom. The van der Waals surface area contributed by atoms with Crippen molar-refractivity contribution in [3.05, 3.63) is 133 Å². The summed E-state index contributed by atoms with van der Waals surface area (Å²) in [5.74, 6) is 2.35. The number of nitrogens with zero attached hydrogens (tertiary/aromatic N) is 4. The molecule has 0 radical (unpaired) electrons. The SMILES string of the molecule is CC(C)c1ccc2c(Nc3cc(C(=O)Nc4ccncc4)ccc3Oc3ccc(OCc4ccccc4)cc3)ncnc2n1. The Morgan fingerprint density at radius 1 is 0.841 bits per heavy atom. The highest BCUT2D eigenvalue weighted by molar-refractivity contribution is 6.05. The van der Waals surface area contributed by atoms with Gasteiger partial charge in [0.2, 0.25) is 0 Å². The van der Waals surface area contributed by atoms with Crippen molar-refractivity contribution in [1.29, 1.82) is 0 Å². The summed E-state index contributed by atoms with van der Waals surface area (Å²) in [5, 5.41) is 7.01. The molecule has 0 bridgehead atoms. The Labute approximate surface area is 255 Å². The Hall–Kier alpha value is -5.83. The number of hydrogen-bond donors (Lipinski definition) is 2. The highest BCUT2D eigenvalue weighted by Crippen LogP contribution is 2.35. The molecule has 44 heavy (non-hydrogen) atoms. The van der Waals surface area contributed by atoms with Gasteiger partial charge in [0, 0.05) is 29.3 Å². The van der Waals surface area contributed by atoms with Gasteiger partial charge in [-0.3, -0.25) is 9.78 Å². The van der Waals surface area contributed by atoms with Gasteiger partial charge in [0.05, 0.1) is 11.1 Å². The molecule has 0 fully saturated rings. The second-order valence-electron chi connectivity index (χ2n) is 10.4. The molecular weight excluding hydrogens is 552 g/mol. The first kappa shape index (κ1) is 28.3. The van der Waals surface area contributed by atoms with E-state index in [1.165, 1.54) is 6.33 Å². The Balaban J connectivity index is 1.28. The van der Waals surface area contributed by atoms with Crippen LogP contribution in [0, 0.1) is 0 Å². The average molecular weight is 583 g/mol. The van der Waals surface area contributed by atoms with E-state index in [9.17, 15) is 4.79 Å². The van der Waals surface area contributed by atoms with Crippen LogP contribution >= 0.6 is 0 Å². The molecule has 2 N–H and O–H groups in total. The van der Waals surface area contributed by atoms with Crippen molar-refractivity contribution in [2.75, 3.05) is 10.6 Å². The van der Waals surface area contributed by atoms with E-state index in [-0.39, 0.29) is 11.8 Å². The normalized spacial score (nSPS) is 10.9. The minimum Gasteiger partial charge on any atom is -0.489 e. The minimum absolute atomic E-state index is 0.261. The van der Waals surface area contributed by atoms with Crippen molar-refractivity contribution < 1.29 is 14.3 Å². The molecule has 0 aliphatic rings. The molecule has 0 aliphatic carbocycles. The number of carbonyl (C=O) groups is 1. The van der Waals surface area contributed by atoms with Gasteiger partial charge < -0.3 is 20.1 Å². The molecule has 0 saturated carbocycles. The van der Waals surface area contributed by atoms with Gasteiger partial charge in [0.1, 0.15) is 30.3 Å². The first-order valence-corrected chi connectivity index (χ1v) is 14.2. The number of pyridine rings is 2. The van der Waals surface area contributed by atoms with E-state index in [1.807, 2.05) is 66.7 Å². The van der Waals surface area contributed by atoms with Crippen LogP contribution < -0.4 is 20.1 Å². The van der Waals surface area contributed by atoms with E-state index in [4.69, 9.17) is 14.5 Å². The van der Waals surface area contributed by atoms with Gasteiger partial charge in [0.15, 0.2) is 11.4 Å². The maximum absolute atomic E-state index is 13.2. The standard InChI is InChI=1S/C35H30N6O3/c1-23(2)30-14-13-29-33(40-30)37-22-38-34(29)41-31-20-25(35(42)39-26-16-18-36-19-17-26)8-15-32(31)44-28-11-9-27(10-12-28)43-21-24-6-4-3-5-7-24/h3-20,22-23H,21H2,1-2H3,(H,36,39,42)(H,37,38,40,41). The van der Waals surface area contributed by atoms with E-state index in [0.29, 0.717) is 46.5 Å². The fourth-order valence-corrected chi connectivity index (χ4v) is 4.47. The number of benzene rings is 3. The molecule has 0 atom stereocenters. The third-order valence-electron chi connectivity index (χ3n) is 6.84. The lowest BCUT2D eigenvalue weighted by Crippen LogP contribution is -2.12. The molecular formula is C35H30N6O3. The molecule has 0 saturated heterocycles. The molecule has 3 heterocycles. The van der Waals surface area contributed by atoms with E-state index in [1.54, 1.807) is 42.7 Å². The molecule has 3 aromatic heterocycles. The topological polar surface area (TPSA) is 111 Å². The first-order valence-electron chi connectivity index (χ1n) is 14.2. The molecule has 218 valence electrons. The number of aromatic nitrogens is 4. The number of amides is 1. The van der Waals surface area contributed by atoms with Crippen LogP contribution in [0.2, 0.25) is 0 Å². The highest BCUT2D eigenvalue weighted by atomic mass is 16.5. The second-order valence-corrected chi connectivity index (χ2v) is 10.4. The number of rotatable bonds is 10. The van der Waals surface area contributed by atoms with Crippen LogP contribution in [0.1, 0.15) is 41.4 Å². The van der Waals surface area contributed by atoms with Crippen molar-refractivity contribution in [3.63, 3.8) is 0 Å². The van der Waals surface area contributed by atoms with Gasteiger partial charge in [-0.25, -0.2) is 15.0 Å². The second kappa shape index (κ2) is 13.0. The van der Waals surface area contributed by atoms with Gasteiger partial charge in [-0.2, -0.15) is 0 Å². The van der Waals surface area contributed by atoms with Crippen molar-refractivity contribution in [2.24, 2.45) is 0 Å². The molecule has 3 aromatic carbocycles. The van der Waals surface area contributed by atoms with Crippen molar-refractivity contribution >= 4 is 34.1 Å². The smallest absolute Gasteiger partial charge is 0.255 e. The van der Waals surface area contributed by atoms with Crippen LogP contribution in [-0.4, -0.2) is 25.8 Å². The van der Waals surface area contributed by atoms with Crippen LogP contribution in [0.4, 0.5) is 17.2 Å². The summed E-state index contributed by atoms with van der Waals surface area (Å²) >= 11 is 0. The lowest BCUT2D eigenvalue weighted by molar-refractivity contribution is 0.102. The van der Waals surface area contributed by atoms with Crippen LogP contribution in [0.5, 0.6) is 17.2 Å². The molecule has 6 rings (SSSR count). The highest BCUT2D eigenvalue weighted by Gasteiger charge is 2.15. The lowest BCUT2D eigenvalue weighted by atomic mass is 10.1. The van der Waals surface area contributed by atoms with Gasteiger partial charge >= 0.3 is 0 Å². The van der Waals surface area contributed by atoms with Gasteiger partial charge in [-0.1, -0.05) is 44.2 Å². The number of fused-ring (bicyclic) bond motifs is 1. The third kappa shape index (κ3) is 6.79. The predicted molar refractivity (Wildman–Crippen MR) is 171 cm³/mol. The van der Waals surface area contributed by atoms with E-state index in [0.717, 1.165) is 22.4 Å². The van der Waals surface area contributed by atoms with Crippen LogP contribution in [0.25, 0.3) is 11.0 Å². The summed E-state index contributed by atoms with van der Waals surface area (Å²) in [4.78, 5) is 30.7. The molecule has 0 aliphatic heterocycles. The van der Waals surface area contributed by atoms with Crippen molar-refractivity contribution in [1.82, 2.24) is 19.9 Å². The molecule has 0 spiro atoms. The zero-order chi connectivity index (χ0) is 30.3. The number of anilines is 3. The van der Waals surface area contributed by atoms with Crippen LogP contribution in [-0.2, 0) is 6.61 Å². The molecule has 9 nitrogen and oxygen atoms in total. The fraction of sp³-hybridized carbons (Fsp3) is 0.114. The third-order valence-corrected chi connectivity index (χ3v) is 6.84. The molecule has 1 amide bonds. The Morgan fingerprint density at radius 3 is 2.39 bits per heavy atom. The zero-order valence-corrected chi connectivity index (χ0v) is 24.3. The summed E-state index contributed by atoms with van der Waals surface area (Å²) in [6, 6.07) is 30.0. The van der Waals surface area contributed by atoms with Crippen molar-refractivity contribution in [3.8, 4) is 17.2 Å². The summed E-state index contributed by atoms with van der Waals surface area (Å²) in [6.45, 7) is 4.64. The Kier molecular flexibility index (Phi) is 8.36. The molecule has 9 heteroatoms. The van der Waals surface area contributed by atoms with E-state index in [2.05, 4.69) is 39.4 Å². The average Bonchev–Trinajstić information content (AvgIpc) is 3.06. The number of carbonyl (C=O) groups excluding carboxylic acids is 1. The number of ether oxygens (including phenoxy) is 2.